The number of aliphatic hydroxyl groups is 3. The summed E-state index contributed by atoms with van der Waals surface area (Å²) in [4.78, 5) is 48.5. The first-order valence-corrected chi connectivity index (χ1v) is 15.0. The molecule has 0 aliphatic heterocycles. The van der Waals surface area contributed by atoms with Crippen molar-refractivity contribution in [2.75, 3.05) is 33.1 Å². The molecule has 0 fully saturated rings. The average Bonchev–Trinajstić information content (AvgIpc) is 3.37. The molecule has 0 unspecified atom stereocenters. The number of nitrogens with zero attached hydrogens (tertiary/aromatic N) is 3. The molecule has 46 heavy (non-hydrogen) atoms. The maximum Gasteiger partial charge on any atom is 0.255 e. The molecule has 0 saturated carbocycles. The van der Waals surface area contributed by atoms with E-state index in [-0.39, 0.29) is 46.6 Å². The number of likely N-dealkylation sites (N-methyl/N-ethyl adjacent to an activating group) is 1. The Morgan fingerprint density at radius 2 is 1.76 bits per heavy atom. The van der Waals surface area contributed by atoms with Gasteiger partial charge in [-0.25, -0.2) is 4.98 Å². The molecule has 1 amide bonds. The van der Waals surface area contributed by atoms with E-state index in [4.69, 9.17) is 10.2 Å². The monoisotopic (exact) mass is 630 g/mol. The Morgan fingerprint density at radius 1 is 1.09 bits per heavy atom. The number of ketones is 2. The quantitative estimate of drug-likeness (QED) is 0.266. The number of rotatable bonds is 4. The summed E-state index contributed by atoms with van der Waals surface area (Å²) in [6.45, 7) is 6.11. The second kappa shape index (κ2) is 10.2. The summed E-state index contributed by atoms with van der Waals surface area (Å²) >= 11 is 0. The largest absolute Gasteiger partial charge is 0.510 e. The number of anilines is 1. The number of Topliss-reactive ketones (excluding diaryl/α,β-unsaturated/α-hetero) is 2. The van der Waals surface area contributed by atoms with E-state index in [1.807, 2.05) is 45.8 Å². The minimum absolute atomic E-state index is 0.0335. The van der Waals surface area contributed by atoms with Gasteiger partial charge in [0.1, 0.15) is 28.4 Å². The number of aromatic nitrogens is 1. The molecule has 3 aliphatic rings. The van der Waals surface area contributed by atoms with Gasteiger partial charge < -0.3 is 35.5 Å². The molecule has 0 spiro atoms. The normalized spacial score (nSPS) is 24.8. The molecule has 3 aromatic rings. The molecular weight excluding hydrogens is 592 g/mol. The summed E-state index contributed by atoms with van der Waals surface area (Å²) in [5.41, 5.74) is 4.71. The topological polar surface area (TPSA) is 191 Å². The Balaban J connectivity index is 1.58. The molecule has 12 nitrogen and oxygen atoms in total. The Bertz CT molecular complexity index is 1930. The number of phenolic OH excluding ortho intramolecular Hbond substituents is 1. The van der Waals surface area contributed by atoms with Crippen LogP contribution in [0.1, 0.15) is 48.7 Å². The Hall–Kier alpha value is -4.68. The number of oxazole rings is 1. The second-order valence-corrected chi connectivity index (χ2v) is 14.0. The van der Waals surface area contributed by atoms with Crippen molar-refractivity contribution in [2.45, 2.75) is 50.7 Å². The van der Waals surface area contributed by atoms with Crippen molar-refractivity contribution >= 4 is 34.3 Å². The number of fused-ring (bicyclic) bond motifs is 5. The third-order valence-electron chi connectivity index (χ3n) is 9.65. The molecule has 0 bridgehead atoms. The summed E-state index contributed by atoms with van der Waals surface area (Å²) < 4.78 is 6.23. The summed E-state index contributed by atoms with van der Waals surface area (Å²) in [5.74, 6) is -6.33. The van der Waals surface area contributed by atoms with Gasteiger partial charge in [-0.1, -0.05) is 26.8 Å². The van der Waals surface area contributed by atoms with Gasteiger partial charge in [0.05, 0.1) is 17.2 Å². The molecule has 12 heteroatoms. The van der Waals surface area contributed by atoms with Crippen molar-refractivity contribution < 1.29 is 39.2 Å². The van der Waals surface area contributed by atoms with Crippen molar-refractivity contribution in [1.29, 1.82) is 0 Å². The minimum atomic E-state index is -2.69. The number of hydrogen-bond donors (Lipinski definition) is 5. The number of aromatic hydroxyl groups is 1. The fourth-order valence-electron chi connectivity index (χ4n) is 7.38. The number of amides is 1. The summed E-state index contributed by atoms with van der Waals surface area (Å²) in [5, 5.41) is 45.4. The predicted molar refractivity (Wildman–Crippen MR) is 170 cm³/mol. The highest BCUT2D eigenvalue weighted by Gasteiger charge is 2.63. The third kappa shape index (κ3) is 4.27. The first-order valence-electron chi connectivity index (χ1n) is 15.0. The molecule has 6 N–H and O–H groups in total. The number of carbonyl (C=O) groups excluding carboxylic acids is 3. The van der Waals surface area contributed by atoms with Crippen molar-refractivity contribution in [3.05, 3.63) is 63.6 Å². The Kier molecular flexibility index (Phi) is 6.92. The zero-order valence-electron chi connectivity index (χ0n) is 26.8. The molecule has 3 aliphatic carbocycles. The molecule has 6 rings (SSSR count). The van der Waals surface area contributed by atoms with Gasteiger partial charge in [-0.3, -0.25) is 19.3 Å². The van der Waals surface area contributed by atoms with Gasteiger partial charge in [-0.2, -0.15) is 0 Å². The smallest absolute Gasteiger partial charge is 0.255 e. The van der Waals surface area contributed by atoms with E-state index in [0.717, 1.165) is 5.56 Å². The summed E-state index contributed by atoms with van der Waals surface area (Å²) in [6.07, 6.45) is 0.268. The van der Waals surface area contributed by atoms with Crippen molar-refractivity contribution in [1.82, 2.24) is 9.88 Å². The molecule has 0 saturated heterocycles. The number of nitrogens with two attached hydrogens (primary N) is 1. The van der Waals surface area contributed by atoms with Crippen LogP contribution in [0.4, 0.5) is 5.69 Å². The second-order valence-electron chi connectivity index (χ2n) is 14.0. The van der Waals surface area contributed by atoms with E-state index in [1.165, 1.54) is 4.90 Å². The highest BCUT2D eigenvalue weighted by atomic mass is 16.4. The highest BCUT2D eigenvalue weighted by molar-refractivity contribution is 6.25. The van der Waals surface area contributed by atoms with Crippen LogP contribution in [-0.2, 0) is 21.4 Å². The van der Waals surface area contributed by atoms with Crippen LogP contribution in [0, 0.1) is 11.8 Å². The van der Waals surface area contributed by atoms with Crippen molar-refractivity contribution in [2.24, 2.45) is 17.6 Å². The van der Waals surface area contributed by atoms with E-state index in [0.29, 0.717) is 22.3 Å². The van der Waals surface area contributed by atoms with Gasteiger partial charge in [-0.15, -0.1) is 0 Å². The number of aliphatic hydroxyl groups excluding tert-OH is 2. The lowest BCUT2D eigenvalue weighted by Crippen LogP contribution is -2.63. The van der Waals surface area contributed by atoms with Crippen LogP contribution in [0.3, 0.4) is 0 Å². The lowest BCUT2D eigenvalue weighted by molar-refractivity contribution is -0.148. The molecular formula is C34H38N4O8. The van der Waals surface area contributed by atoms with Crippen LogP contribution in [0.5, 0.6) is 5.75 Å². The van der Waals surface area contributed by atoms with E-state index in [9.17, 15) is 34.8 Å². The zero-order chi connectivity index (χ0) is 33.8. The van der Waals surface area contributed by atoms with Crippen LogP contribution in [0.2, 0.25) is 0 Å². The van der Waals surface area contributed by atoms with Gasteiger partial charge in [0, 0.05) is 31.3 Å². The van der Waals surface area contributed by atoms with Crippen LogP contribution in [0.15, 0.2) is 51.3 Å². The predicted octanol–water partition coefficient (Wildman–Crippen LogP) is 3.29. The number of primary amides is 1. The molecule has 2 aromatic carbocycles. The van der Waals surface area contributed by atoms with E-state index in [2.05, 4.69) is 4.98 Å². The fraction of sp³-hybridized carbons (Fsp3) is 0.412. The number of hydrogen-bond acceptors (Lipinski definition) is 11. The van der Waals surface area contributed by atoms with Gasteiger partial charge in [0.15, 0.2) is 17.0 Å². The van der Waals surface area contributed by atoms with Crippen molar-refractivity contribution in [3.8, 4) is 17.2 Å². The van der Waals surface area contributed by atoms with Crippen LogP contribution in [-0.4, -0.2) is 87.6 Å². The fourth-order valence-corrected chi connectivity index (χ4v) is 7.38. The SMILES string of the molecule is CN(C)c1cc2nc(-c3cc(C(C)(C)C)ccc3O)oc2c2c1C[C@H]1C[C@H]3[C@H](N(C)C)C(O)=C(C(N)=O)C(=O)[C@@]3(O)C(O)=C1C2=O. The van der Waals surface area contributed by atoms with Crippen molar-refractivity contribution in [3.63, 3.8) is 0 Å². The number of phenols is 1. The maximum atomic E-state index is 14.5. The van der Waals surface area contributed by atoms with E-state index >= 15 is 0 Å². The Morgan fingerprint density at radius 3 is 2.35 bits per heavy atom. The van der Waals surface area contributed by atoms with Gasteiger partial charge in [0.2, 0.25) is 11.7 Å². The highest BCUT2D eigenvalue weighted by Crippen LogP contribution is 2.53. The van der Waals surface area contributed by atoms with Gasteiger partial charge in [-0.05, 0) is 67.6 Å². The van der Waals surface area contributed by atoms with Crippen LogP contribution >= 0.6 is 0 Å². The van der Waals surface area contributed by atoms with Crippen LogP contribution in [0.25, 0.3) is 22.6 Å². The maximum absolute atomic E-state index is 14.5. The first kappa shape index (κ1) is 31.3. The molecule has 4 atom stereocenters. The van der Waals surface area contributed by atoms with Gasteiger partial charge in [0.25, 0.3) is 5.91 Å². The molecule has 0 radical (unpaired) electrons. The minimum Gasteiger partial charge on any atom is -0.510 e. The average molecular weight is 631 g/mol. The molecule has 1 aromatic heterocycles. The Labute approximate surface area is 265 Å². The number of carbonyl (C=O) groups is 3. The lowest BCUT2D eigenvalue weighted by atomic mass is 9.58. The zero-order valence-corrected chi connectivity index (χ0v) is 26.8. The lowest BCUT2D eigenvalue weighted by Gasteiger charge is -2.50. The van der Waals surface area contributed by atoms with Gasteiger partial charge >= 0.3 is 0 Å². The first-order chi connectivity index (χ1) is 21.4. The van der Waals surface area contributed by atoms with E-state index < -0.39 is 58.0 Å². The summed E-state index contributed by atoms with van der Waals surface area (Å²) in [6, 6.07) is 5.93. The number of benzene rings is 2. The standard InChI is InChI=1S/C34H38N4O8/c1-33(2,3)15-8-9-21(39)17(12-15)32-36-19-13-20(37(4)5)16-10-14-11-18-25(38(6)7)27(41)24(31(35)44)30(43)34(18,45)29(42)22(14)26(40)23(16)28(19)46-32/h8-9,12-14,18,25,39,41-42,45H,10-11H2,1-7H3,(H2,35,44)/t14-,18-,25-,34-/m0/s1. The molecule has 1 heterocycles. The van der Waals surface area contributed by atoms with E-state index in [1.54, 1.807) is 32.3 Å². The molecule has 242 valence electrons. The third-order valence-corrected chi connectivity index (χ3v) is 9.65. The summed E-state index contributed by atoms with van der Waals surface area (Å²) in [7, 11) is 6.85. The number of allylic oxidation sites excluding steroid dienone is 1. The van der Waals surface area contributed by atoms with Crippen LogP contribution < -0.4 is 10.6 Å².